The smallest absolute Gasteiger partial charge is 0.339 e. The standard InChI is InChI=1S/C39H47F4N3O9S/c1-35(2,3)54-31(50)9-8-27(45-30(49)18-44)32(51)46-28-14-20(6-7-25(28)41)33(52)55-38(34(53)56-19-40)13-11-22-23-16-26(42)24-15-21(47)10-12-36(24,4)39(23,43)29(48)17-37(22,38)5/h6-7,10,12,14-15,22-23,26-27,29,48H,8-9,11,13,16-19,44H2,1-5H3,(H,45,49)(H,46,51)/t22-,23-,26-,27-,29-,36-,37-,38-,39-/m0/s1. The number of ether oxygens (including phenoxy) is 2. The van der Waals surface area contributed by atoms with Crippen LogP contribution in [-0.2, 0) is 33.4 Å². The summed E-state index contributed by atoms with van der Waals surface area (Å²) in [6, 6.07) is 0.177. The van der Waals surface area contributed by atoms with E-state index in [1.165, 1.54) is 19.9 Å². The lowest BCUT2D eigenvalue weighted by Crippen LogP contribution is -2.70. The second kappa shape index (κ2) is 15.7. The molecule has 1 aromatic rings. The summed E-state index contributed by atoms with van der Waals surface area (Å²) in [5.41, 5.74) is -4.34. The second-order valence-electron chi connectivity index (χ2n) is 16.3. The summed E-state index contributed by atoms with van der Waals surface area (Å²) in [5.74, 6) is -7.18. The molecule has 17 heteroatoms. The van der Waals surface area contributed by atoms with Gasteiger partial charge in [0.1, 0.15) is 29.6 Å². The highest BCUT2D eigenvalue weighted by Crippen LogP contribution is 2.71. The number of ketones is 1. The van der Waals surface area contributed by atoms with Crippen LogP contribution < -0.4 is 16.4 Å². The number of carbonyl (C=O) groups is 6. The molecule has 1 aromatic carbocycles. The average Bonchev–Trinajstić information content (AvgIpc) is 3.40. The van der Waals surface area contributed by atoms with Crippen LogP contribution in [0.25, 0.3) is 0 Å². The van der Waals surface area contributed by atoms with E-state index in [-0.39, 0.29) is 48.6 Å². The van der Waals surface area contributed by atoms with E-state index in [1.54, 1.807) is 20.8 Å². The molecule has 2 amide bonds. The maximum Gasteiger partial charge on any atom is 0.339 e. The predicted octanol–water partition coefficient (Wildman–Crippen LogP) is 4.73. The van der Waals surface area contributed by atoms with Gasteiger partial charge in [0.05, 0.1) is 23.9 Å². The molecule has 0 heterocycles. The molecule has 5 rings (SSSR count). The molecule has 3 saturated carbocycles. The monoisotopic (exact) mass is 809 g/mol. The molecule has 56 heavy (non-hydrogen) atoms. The van der Waals surface area contributed by atoms with Gasteiger partial charge < -0.3 is 30.9 Å². The summed E-state index contributed by atoms with van der Waals surface area (Å²) >= 11 is 0.217. The van der Waals surface area contributed by atoms with E-state index in [9.17, 15) is 38.3 Å². The van der Waals surface area contributed by atoms with Gasteiger partial charge in [0.25, 0.3) is 0 Å². The molecule has 0 unspecified atom stereocenters. The summed E-state index contributed by atoms with van der Waals surface area (Å²) in [6.45, 7) is 7.37. The molecule has 0 radical (unpaired) electrons. The minimum atomic E-state index is -2.49. The molecule has 0 aliphatic heterocycles. The van der Waals surface area contributed by atoms with Crippen LogP contribution in [0.3, 0.4) is 0 Å². The van der Waals surface area contributed by atoms with Gasteiger partial charge in [-0.05, 0) is 113 Å². The van der Waals surface area contributed by atoms with Crippen molar-refractivity contribution < 1.29 is 60.9 Å². The Balaban J connectivity index is 1.43. The summed E-state index contributed by atoms with van der Waals surface area (Å²) in [6.07, 6.45) is -1.83. The van der Waals surface area contributed by atoms with E-state index in [4.69, 9.17) is 15.2 Å². The number of aliphatic hydroxyl groups is 1. The number of fused-ring (bicyclic) bond motifs is 5. The van der Waals surface area contributed by atoms with Crippen molar-refractivity contribution in [3.8, 4) is 0 Å². The maximum atomic E-state index is 17.7. The number of allylic oxidation sites excluding steroid dienone is 4. The molecular weight excluding hydrogens is 762 g/mol. The fourth-order valence-electron chi connectivity index (χ4n) is 9.26. The first-order valence-electron chi connectivity index (χ1n) is 18.3. The van der Waals surface area contributed by atoms with Crippen molar-refractivity contribution in [2.24, 2.45) is 28.4 Å². The van der Waals surface area contributed by atoms with Gasteiger partial charge in [0.2, 0.25) is 16.9 Å². The fraction of sp³-hybridized carbons (Fsp3) is 0.590. The Morgan fingerprint density at radius 2 is 1.84 bits per heavy atom. The van der Waals surface area contributed by atoms with Gasteiger partial charge in [-0.1, -0.05) is 13.0 Å². The fourth-order valence-corrected chi connectivity index (χ4v) is 9.97. The lowest BCUT2D eigenvalue weighted by atomic mass is 9.44. The van der Waals surface area contributed by atoms with E-state index >= 15 is 13.2 Å². The maximum absolute atomic E-state index is 17.7. The third kappa shape index (κ3) is 7.53. The number of amides is 2. The van der Waals surface area contributed by atoms with Crippen molar-refractivity contribution in [2.45, 2.75) is 108 Å². The van der Waals surface area contributed by atoms with Gasteiger partial charge in [0, 0.05) is 23.2 Å². The first kappa shape index (κ1) is 43.0. The Labute approximate surface area is 325 Å². The quantitative estimate of drug-likeness (QED) is 0.179. The third-order valence-corrected chi connectivity index (χ3v) is 12.6. The predicted molar refractivity (Wildman–Crippen MR) is 196 cm³/mol. The lowest BCUT2D eigenvalue weighted by Gasteiger charge is -2.63. The van der Waals surface area contributed by atoms with Crippen LogP contribution in [0.15, 0.2) is 42.0 Å². The van der Waals surface area contributed by atoms with E-state index in [0.29, 0.717) is 0 Å². The Kier molecular flexibility index (Phi) is 12.1. The number of thioether (sulfide) groups is 1. The summed E-state index contributed by atoms with van der Waals surface area (Å²) in [4.78, 5) is 77.8. The van der Waals surface area contributed by atoms with Gasteiger partial charge in [-0.2, -0.15) is 0 Å². The van der Waals surface area contributed by atoms with E-state index in [1.807, 2.05) is 0 Å². The van der Waals surface area contributed by atoms with Crippen molar-refractivity contribution in [1.82, 2.24) is 5.32 Å². The van der Waals surface area contributed by atoms with Crippen molar-refractivity contribution in [3.63, 3.8) is 0 Å². The molecule has 4 aliphatic rings. The Bertz CT molecular complexity index is 1870. The number of carbonyl (C=O) groups excluding carboxylic acids is 6. The first-order valence-corrected chi connectivity index (χ1v) is 19.3. The number of aliphatic hydroxyl groups excluding tert-OH is 1. The highest BCUT2D eigenvalue weighted by molar-refractivity contribution is 8.13. The van der Waals surface area contributed by atoms with Gasteiger partial charge in [-0.25, -0.2) is 22.4 Å². The number of hydrogen-bond donors (Lipinski definition) is 4. The zero-order valence-electron chi connectivity index (χ0n) is 31.7. The molecule has 5 N–H and O–H groups in total. The second-order valence-corrected chi connectivity index (χ2v) is 17.2. The number of nitrogens with one attached hydrogen (secondary N) is 2. The molecule has 0 spiro atoms. The Hall–Kier alpha value is -4.09. The minimum Gasteiger partial charge on any atom is -0.460 e. The molecule has 3 fully saturated rings. The zero-order chi connectivity index (χ0) is 41.6. The number of rotatable bonds is 11. The van der Waals surface area contributed by atoms with Crippen molar-refractivity contribution in [1.29, 1.82) is 0 Å². The van der Waals surface area contributed by atoms with Crippen LogP contribution in [0.2, 0.25) is 0 Å². The highest BCUT2D eigenvalue weighted by atomic mass is 32.2. The summed E-state index contributed by atoms with van der Waals surface area (Å²) in [7, 11) is 0. The number of alkyl halides is 3. The van der Waals surface area contributed by atoms with Crippen LogP contribution >= 0.6 is 11.8 Å². The highest BCUT2D eigenvalue weighted by Gasteiger charge is 2.76. The SMILES string of the molecule is CC(C)(C)OC(=O)CC[C@H](NC(=O)CN)C(=O)Nc1cc(C(=O)O[C@]2(C(=O)SCF)CC[C@H]3[C@@H]4C[C@H](F)C5=CC(=O)C=C[C@]5(C)[C@@]4(F)[C@@H](O)C[C@@]32C)ccc1F. The summed E-state index contributed by atoms with van der Waals surface area (Å²) < 4.78 is 73.8. The number of nitrogens with two attached hydrogens (primary N) is 1. The van der Waals surface area contributed by atoms with Gasteiger partial charge in [0.15, 0.2) is 17.1 Å². The molecule has 0 bridgehead atoms. The number of esters is 2. The van der Waals surface area contributed by atoms with Gasteiger partial charge >= 0.3 is 11.9 Å². The van der Waals surface area contributed by atoms with Crippen LogP contribution in [0.5, 0.6) is 0 Å². The molecule has 0 aromatic heterocycles. The third-order valence-electron chi connectivity index (χ3n) is 11.9. The molecule has 0 saturated heterocycles. The first-order chi connectivity index (χ1) is 26.1. The Morgan fingerprint density at radius 3 is 2.48 bits per heavy atom. The molecule has 306 valence electrons. The molecule has 4 aliphatic carbocycles. The number of hydrogen-bond acceptors (Lipinski definition) is 11. The molecular formula is C39H47F4N3O9S. The van der Waals surface area contributed by atoms with Crippen LogP contribution in [0.4, 0.5) is 23.2 Å². The normalized spacial score (nSPS) is 32.6. The van der Waals surface area contributed by atoms with Crippen molar-refractivity contribution in [2.75, 3.05) is 17.9 Å². The average molecular weight is 810 g/mol. The molecule has 12 nitrogen and oxygen atoms in total. The van der Waals surface area contributed by atoms with E-state index in [0.717, 1.165) is 30.4 Å². The van der Waals surface area contributed by atoms with Gasteiger partial charge in [-0.3, -0.25) is 24.0 Å². The number of halogens is 4. The van der Waals surface area contributed by atoms with Gasteiger partial charge in [-0.15, -0.1) is 0 Å². The van der Waals surface area contributed by atoms with Crippen LogP contribution in [0.1, 0.15) is 83.5 Å². The number of anilines is 1. The topological polar surface area (TPSA) is 191 Å². The summed E-state index contributed by atoms with van der Waals surface area (Å²) in [5, 5.41) is 15.4. The largest absolute Gasteiger partial charge is 0.460 e. The van der Waals surface area contributed by atoms with Crippen LogP contribution in [-0.4, -0.2) is 87.5 Å². The Morgan fingerprint density at radius 1 is 1.14 bits per heavy atom. The van der Waals surface area contributed by atoms with Crippen LogP contribution in [0, 0.1) is 28.5 Å². The molecule has 9 atom stereocenters. The zero-order valence-corrected chi connectivity index (χ0v) is 32.5. The lowest BCUT2D eigenvalue weighted by molar-refractivity contribution is -0.219. The van der Waals surface area contributed by atoms with E-state index in [2.05, 4.69) is 10.6 Å². The van der Waals surface area contributed by atoms with E-state index < -0.39 is 129 Å². The van der Waals surface area contributed by atoms with Crippen molar-refractivity contribution in [3.05, 3.63) is 53.4 Å². The minimum absolute atomic E-state index is 0.0276. The van der Waals surface area contributed by atoms with Crippen molar-refractivity contribution >= 4 is 52.1 Å². The number of benzene rings is 1.